The fourth-order valence-electron chi connectivity index (χ4n) is 5.02. The maximum atomic E-state index is 13.3. The number of aliphatic hydroxyl groups is 1. The molecule has 1 heterocycles. The van der Waals surface area contributed by atoms with Crippen LogP contribution in [0.5, 0.6) is 5.75 Å². The lowest BCUT2D eigenvalue weighted by Gasteiger charge is -2.37. The van der Waals surface area contributed by atoms with E-state index in [0.717, 1.165) is 5.56 Å². The van der Waals surface area contributed by atoms with Crippen LogP contribution in [0, 0.1) is 5.92 Å². The summed E-state index contributed by atoms with van der Waals surface area (Å²) in [6.45, 7) is 7.30. The van der Waals surface area contributed by atoms with Gasteiger partial charge in [-0.3, -0.25) is 4.79 Å². The van der Waals surface area contributed by atoms with Crippen LogP contribution >= 0.6 is 0 Å². The van der Waals surface area contributed by atoms with Crippen molar-refractivity contribution in [1.82, 2.24) is 4.57 Å². The van der Waals surface area contributed by atoms with Crippen LogP contribution in [0.1, 0.15) is 55.7 Å². The number of nitrogens with two attached hydrogens (primary N) is 2. The fraction of sp³-hybridized carbons (Fsp3) is 0.333. The summed E-state index contributed by atoms with van der Waals surface area (Å²) >= 11 is 0. The molecule has 4 aromatic rings. The summed E-state index contributed by atoms with van der Waals surface area (Å²) in [6.07, 6.45) is -1.02. The van der Waals surface area contributed by atoms with Gasteiger partial charge >= 0.3 is 11.9 Å². The third-order valence-electron chi connectivity index (χ3n) is 7.27. The van der Waals surface area contributed by atoms with E-state index in [2.05, 4.69) is 0 Å². The molecule has 0 radical (unpaired) electrons. The second-order valence-corrected chi connectivity index (χ2v) is 11.7. The Kier molecular flexibility index (Phi) is 8.94. The van der Waals surface area contributed by atoms with E-state index in [1.165, 1.54) is 0 Å². The van der Waals surface area contributed by atoms with E-state index >= 15 is 0 Å². The van der Waals surface area contributed by atoms with Crippen molar-refractivity contribution in [1.29, 1.82) is 0 Å². The summed E-state index contributed by atoms with van der Waals surface area (Å²) in [5.41, 5.74) is 13.6. The third-order valence-corrected chi connectivity index (χ3v) is 7.27. The molecule has 9 heteroatoms. The van der Waals surface area contributed by atoms with Crippen LogP contribution in [0.25, 0.3) is 10.9 Å². The number of esters is 1. The van der Waals surface area contributed by atoms with Crippen LogP contribution in [0.2, 0.25) is 0 Å². The van der Waals surface area contributed by atoms with E-state index in [-0.39, 0.29) is 18.7 Å². The first-order valence-electron chi connectivity index (χ1n) is 13.9. The maximum absolute atomic E-state index is 13.3. The molecule has 6 N–H and O–H groups in total. The molecule has 0 aliphatic rings. The number of benzene rings is 3. The first-order chi connectivity index (χ1) is 19.8. The van der Waals surface area contributed by atoms with Gasteiger partial charge in [-0.25, -0.2) is 4.79 Å². The van der Waals surface area contributed by atoms with Gasteiger partial charge in [-0.1, -0.05) is 36.4 Å². The summed E-state index contributed by atoms with van der Waals surface area (Å²) in [5, 5.41) is 21.7. The Labute approximate surface area is 245 Å². The molecule has 3 aromatic carbocycles. The molecule has 1 aromatic heterocycles. The molecule has 0 spiro atoms. The Balaban J connectivity index is 1.71. The van der Waals surface area contributed by atoms with E-state index in [4.69, 9.17) is 20.9 Å². The molecule has 0 bridgehead atoms. The highest BCUT2D eigenvalue weighted by Gasteiger charge is 2.42. The SMILES string of the molecule is CC(C(=O)OC(C)(C)C)C(N)(CC(O)COc1ccccc1)c1ccc2c(c1)cc(C(=O)O)n2Cc1ccc(N)cc1. The van der Waals surface area contributed by atoms with Crippen LogP contribution in [-0.4, -0.2) is 45.0 Å². The van der Waals surface area contributed by atoms with Crippen molar-refractivity contribution < 1.29 is 29.3 Å². The maximum Gasteiger partial charge on any atom is 0.352 e. The summed E-state index contributed by atoms with van der Waals surface area (Å²) in [7, 11) is 0. The van der Waals surface area contributed by atoms with Gasteiger partial charge in [0.1, 0.15) is 23.7 Å². The molecule has 0 saturated carbocycles. The number of carbonyl (C=O) groups excluding carboxylic acids is 1. The van der Waals surface area contributed by atoms with E-state index < -0.39 is 35.1 Å². The Hall–Kier alpha value is -4.34. The predicted octanol–water partition coefficient (Wildman–Crippen LogP) is 4.93. The van der Waals surface area contributed by atoms with Gasteiger partial charge in [0.15, 0.2) is 0 Å². The molecule has 0 fully saturated rings. The van der Waals surface area contributed by atoms with Crippen LogP contribution in [0.3, 0.4) is 0 Å². The van der Waals surface area contributed by atoms with Crippen molar-refractivity contribution in [2.45, 2.75) is 57.9 Å². The third kappa shape index (κ3) is 7.10. The van der Waals surface area contributed by atoms with Gasteiger partial charge in [0.25, 0.3) is 0 Å². The number of fused-ring (bicyclic) bond motifs is 1. The second-order valence-electron chi connectivity index (χ2n) is 11.7. The molecular formula is C33H39N3O6. The van der Waals surface area contributed by atoms with Crippen molar-refractivity contribution >= 4 is 28.5 Å². The fourth-order valence-corrected chi connectivity index (χ4v) is 5.02. The summed E-state index contributed by atoms with van der Waals surface area (Å²) in [6, 6.07) is 23.3. The molecule has 222 valence electrons. The van der Waals surface area contributed by atoms with E-state index in [1.54, 1.807) is 80.8 Å². The normalized spacial score (nSPS) is 14.6. The number of nitrogen functional groups attached to an aromatic ring is 1. The molecule has 0 saturated heterocycles. The van der Waals surface area contributed by atoms with Crippen LogP contribution in [0.4, 0.5) is 5.69 Å². The van der Waals surface area contributed by atoms with Gasteiger partial charge in [-0.05, 0) is 87.7 Å². The van der Waals surface area contributed by atoms with E-state index in [9.17, 15) is 19.8 Å². The molecule has 0 aliphatic heterocycles. The smallest absolute Gasteiger partial charge is 0.352 e. The minimum absolute atomic E-state index is 0.0102. The number of hydrogen-bond donors (Lipinski definition) is 4. The first kappa shape index (κ1) is 30.6. The van der Waals surface area contributed by atoms with Crippen molar-refractivity contribution in [2.24, 2.45) is 11.7 Å². The van der Waals surface area contributed by atoms with Crippen LogP contribution in [-0.2, 0) is 21.6 Å². The van der Waals surface area contributed by atoms with E-state index in [0.29, 0.717) is 34.4 Å². The number of ether oxygens (including phenoxy) is 2. The molecule has 0 aliphatic carbocycles. The van der Waals surface area contributed by atoms with Crippen molar-refractivity contribution in [3.63, 3.8) is 0 Å². The quantitative estimate of drug-likeness (QED) is 0.146. The Bertz CT molecular complexity index is 1540. The summed E-state index contributed by atoms with van der Waals surface area (Å²) in [4.78, 5) is 25.5. The number of rotatable bonds is 11. The molecular weight excluding hydrogens is 534 g/mol. The predicted molar refractivity (Wildman–Crippen MR) is 162 cm³/mol. The molecule has 4 rings (SSSR count). The van der Waals surface area contributed by atoms with Gasteiger partial charge in [-0.15, -0.1) is 0 Å². The van der Waals surface area contributed by atoms with Crippen LogP contribution in [0.15, 0.2) is 78.9 Å². The Morgan fingerprint density at radius 1 is 0.976 bits per heavy atom. The van der Waals surface area contributed by atoms with Gasteiger partial charge in [0.2, 0.25) is 0 Å². The molecule has 9 nitrogen and oxygen atoms in total. The average molecular weight is 574 g/mol. The van der Waals surface area contributed by atoms with Crippen molar-refractivity contribution in [3.8, 4) is 5.75 Å². The Morgan fingerprint density at radius 3 is 2.26 bits per heavy atom. The minimum atomic E-state index is -1.36. The number of carboxylic acid groups (broad SMARTS) is 1. The first-order valence-corrected chi connectivity index (χ1v) is 13.9. The molecule has 3 unspecified atom stereocenters. The highest BCUT2D eigenvalue weighted by Crippen LogP contribution is 2.36. The molecule has 0 amide bonds. The van der Waals surface area contributed by atoms with Crippen molar-refractivity contribution in [3.05, 3.63) is 95.7 Å². The number of aromatic nitrogens is 1. The lowest BCUT2D eigenvalue weighted by Crippen LogP contribution is -2.50. The standard InChI is InChI=1S/C33H39N3O6/c1-21(31(40)42-32(2,3)4)33(35,18-26(37)20-41-27-8-6-5-7-9-27)24-12-15-28-23(16-24)17-29(30(38)39)36(28)19-22-10-13-25(34)14-11-22/h5-17,21,26,37H,18-20,34-35H2,1-4H3,(H,38,39). The number of nitrogens with zero attached hydrogens (tertiary/aromatic N) is 1. The minimum Gasteiger partial charge on any atom is -0.491 e. The molecule has 42 heavy (non-hydrogen) atoms. The number of carbonyl (C=O) groups is 2. The van der Waals surface area contributed by atoms with Gasteiger partial charge < -0.3 is 35.7 Å². The number of anilines is 1. The topological polar surface area (TPSA) is 150 Å². The van der Waals surface area contributed by atoms with E-state index in [1.807, 2.05) is 30.3 Å². The van der Waals surface area contributed by atoms with Crippen molar-refractivity contribution in [2.75, 3.05) is 12.3 Å². The average Bonchev–Trinajstić information content (AvgIpc) is 3.30. The number of hydrogen-bond acceptors (Lipinski definition) is 7. The van der Waals surface area contributed by atoms with Crippen LogP contribution < -0.4 is 16.2 Å². The largest absolute Gasteiger partial charge is 0.491 e. The molecule has 3 atom stereocenters. The van der Waals surface area contributed by atoms with Gasteiger partial charge in [0, 0.05) is 23.1 Å². The Morgan fingerprint density at radius 2 is 1.64 bits per heavy atom. The number of carboxylic acids is 1. The number of aromatic carboxylic acids is 1. The van der Waals surface area contributed by atoms with Gasteiger partial charge in [-0.2, -0.15) is 0 Å². The number of para-hydroxylation sites is 1. The number of aliphatic hydroxyl groups excluding tert-OH is 1. The zero-order chi connectivity index (χ0) is 30.7. The summed E-state index contributed by atoms with van der Waals surface area (Å²) in [5.74, 6) is -1.83. The zero-order valence-corrected chi connectivity index (χ0v) is 24.4. The lowest BCUT2D eigenvalue weighted by molar-refractivity contribution is -0.162. The highest BCUT2D eigenvalue weighted by molar-refractivity contribution is 5.95. The van der Waals surface area contributed by atoms with Gasteiger partial charge in [0.05, 0.1) is 17.6 Å². The zero-order valence-electron chi connectivity index (χ0n) is 24.4. The summed E-state index contributed by atoms with van der Waals surface area (Å²) < 4.78 is 13.1. The highest BCUT2D eigenvalue weighted by atomic mass is 16.6. The monoisotopic (exact) mass is 573 g/mol. The second kappa shape index (κ2) is 12.3. The lowest BCUT2D eigenvalue weighted by atomic mass is 9.75.